The molecular weight excluding hydrogens is 148 g/mol. The van der Waals surface area contributed by atoms with Gasteiger partial charge in [0.2, 0.25) is 0 Å². The van der Waals surface area contributed by atoms with Gasteiger partial charge in [0.1, 0.15) is 0 Å². The molecule has 0 aromatic carbocycles. The minimum Gasteiger partial charge on any atom is -0.373 e. The Kier molecular flexibility index (Phi) is 3.58. The topological polar surface area (TPSA) is 24.4 Å². The predicted octanol–water partition coefficient (Wildman–Crippen LogP) is 1.40. The summed E-state index contributed by atoms with van der Waals surface area (Å²) < 4.78 is 0. The van der Waals surface area contributed by atoms with Gasteiger partial charge in [-0.3, -0.25) is 4.99 Å². The van der Waals surface area contributed by atoms with Gasteiger partial charge < -0.3 is 5.32 Å². The van der Waals surface area contributed by atoms with Gasteiger partial charge in [0.25, 0.3) is 0 Å². The Balaban J connectivity index is 2.18. The van der Waals surface area contributed by atoms with E-state index < -0.39 is 0 Å². The number of amidine groups is 1. The van der Waals surface area contributed by atoms with Gasteiger partial charge in [0.05, 0.1) is 5.84 Å². The molecule has 0 bridgehead atoms. The SMILES string of the molecule is ClCCNC1=NCCCC1. The lowest BCUT2D eigenvalue weighted by atomic mass is 10.2. The fraction of sp³-hybridized carbons (Fsp3) is 0.857. The highest BCUT2D eigenvalue weighted by Gasteiger charge is 2.02. The molecule has 1 aliphatic heterocycles. The Morgan fingerprint density at radius 3 is 3.00 bits per heavy atom. The number of nitrogens with zero attached hydrogens (tertiary/aromatic N) is 1. The third-order valence-corrected chi connectivity index (χ3v) is 1.74. The maximum atomic E-state index is 5.50. The van der Waals surface area contributed by atoms with Crippen LogP contribution in [0.4, 0.5) is 0 Å². The lowest BCUT2D eigenvalue weighted by molar-refractivity contribution is 0.712. The molecule has 0 radical (unpaired) electrons. The van der Waals surface area contributed by atoms with E-state index in [0.29, 0.717) is 5.88 Å². The van der Waals surface area contributed by atoms with E-state index in [-0.39, 0.29) is 0 Å². The minimum absolute atomic E-state index is 0.666. The van der Waals surface area contributed by atoms with Crippen LogP contribution in [0.1, 0.15) is 19.3 Å². The first-order valence-corrected chi connectivity index (χ1v) is 4.30. The van der Waals surface area contributed by atoms with Crippen molar-refractivity contribution in [3.05, 3.63) is 0 Å². The summed E-state index contributed by atoms with van der Waals surface area (Å²) >= 11 is 5.50. The van der Waals surface area contributed by atoms with Crippen LogP contribution in [-0.4, -0.2) is 24.8 Å². The second-order valence-corrected chi connectivity index (χ2v) is 2.78. The van der Waals surface area contributed by atoms with E-state index in [1.165, 1.54) is 12.8 Å². The van der Waals surface area contributed by atoms with Gasteiger partial charge in [0.15, 0.2) is 0 Å². The number of hydrogen-bond donors (Lipinski definition) is 1. The van der Waals surface area contributed by atoms with Crippen LogP contribution >= 0.6 is 11.6 Å². The molecule has 1 aliphatic rings. The normalized spacial score (nSPS) is 18.3. The molecule has 0 atom stereocenters. The maximum Gasteiger partial charge on any atom is 0.0963 e. The summed E-state index contributed by atoms with van der Waals surface area (Å²) in [5, 5.41) is 3.19. The van der Waals surface area contributed by atoms with E-state index in [1.54, 1.807) is 0 Å². The second kappa shape index (κ2) is 4.56. The van der Waals surface area contributed by atoms with Gasteiger partial charge in [-0.25, -0.2) is 0 Å². The van der Waals surface area contributed by atoms with Crippen LogP contribution in [0.3, 0.4) is 0 Å². The summed E-state index contributed by atoms with van der Waals surface area (Å²) in [5.41, 5.74) is 0. The van der Waals surface area contributed by atoms with Crippen molar-refractivity contribution >= 4 is 17.4 Å². The molecule has 1 N–H and O–H groups in total. The standard InChI is InChI=1S/C7H13ClN2/c8-4-6-10-7-3-1-2-5-9-7/h1-6H2,(H,9,10). The molecule has 0 fully saturated rings. The highest BCUT2D eigenvalue weighted by Crippen LogP contribution is 2.03. The zero-order valence-corrected chi connectivity index (χ0v) is 6.82. The van der Waals surface area contributed by atoms with Crippen LogP contribution in [0.5, 0.6) is 0 Å². The van der Waals surface area contributed by atoms with Crippen molar-refractivity contribution in [1.82, 2.24) is 5.32 Å². The molecule has 0 aromatic heterocycles. The first kappa shape index (κ1) is 7.86. The number of nitrogens with one attached hydrogen (secondary N) is 1. The van der Waals surface area contributed by atoms with Crippen molar-refractivity contribution in [2.24, 2.45) is 4.99 Å². The molecule has 58 valence electrons. The maximum absolute atomic E-state index is 5.50. The Labute approximate surface area is 66.7 Å². The summed E-state index contributed by atoms with van der Waals surface area (Å²) in [6, 6.07) is 0. The molecule has 2 nitrogen and oxygen atoms in total. The molecule has 1 heterocycles. The predicted molar refractivity (Wildman–Crippen MR) is 44.9 cm³/mol. The monoisotopic (exact) mass is 160 g/mol. The highest BCUT2D eigenvalue weighted by molar-refractivity contribution is 6.18. The molecule has 0 aromatic rings. The molecular formula is C7H13ClN2. The van der Waals surface area contributed by atoms with E-state index in [2.05, 4.69) is 10.3 Å². The third kappa shape index (κ3) is 2.56. The van der Waals surface area contributed by atoms with Crippen LogP contribution < -0.4 is 5.32 Å². The van der Waals surface area contributed by atoms with E-state index >= 15 is 0 Å². The molecule has 0 saturated carbocycles. The van der Waals surface area contributed by atoms with Gasteiger partial charge in [-0.15, -0.1) is 11.6 Å². The van der Waals surface area contributed by atoms with Gasteiger partial charge in [-0.1, -0.05) is 0 Å². The van der Waals surface area contributed by atoms with Gasteiger partial charge in [-0.2, -0.15) is 0 Å². The molecule has 1 rings (SSSR count). The lowest BCUT2D eigenvalue weighted by Gasteiger charge is -2.12. The number of alkyl halides is 1. The Hall–Kier alpha value is -0.240. The largest absolute Gasteiger partial charge is 0.373 e. The quantitative estimate of drug-likeness (QED) is 0.607. The van der Waals surface area contributed by atoms with Crippen molar-refractivity contribution in [3.8, 4) is 0 Å². The molecule has 3 heteroatoms. The number of hydrogen-bond acceptors (Lipinski definition) is 2. The van der Waals surface area contributed by atoms with Crippen LogP contribution in [0.15, 0.2) is 4.99 Å². The summed E-state index contributed by atoms with van der Waals surface area (Å²) in [7, 11) is 0. The zero-order chi connectivity index (χ0) is 7.23. The van der Waals surface area contributed by atoms with E-state index in [9.17, 15) is 0 Å². The summed E-state index contributed by atoms with van der Waals surface area (Å²) in [4.78, 5) is 4.31. The Morgan fingerprint density at radius 2 is 2.40 bits per heavy atom. The van der Waals surface area contributed by atoms with Crippen molar-refractivity contribution in [2.75, 3.05) is 19.0 Å². The fourth-order valence-corrected chi connectivity index (χ4v) is 1.13. The lowest BCUT2D eigenvalue weighted by Crippen LogP contribution is -2.27. The van der Waals surface area contributed by atoms with Crippen LogP contribution in [0.2, 0.25) is 0 Å². The molecule has 10 heavy (non-hydrogen) atoms. The molecule has 0 aliphatic carbocycles. The van der Waals surface area contributed by atoms with Crippen molar-refractivity contribution < 1.29 is 0 Å². The molecule has 0 spiro atoms. The van der Waals surface area contributed by atoms with E-state index in [1.807, 2.05) is 0 Å². The van der Waals surface area contributed by atoms with Gasteiger partial charge in [-0.05, 0) is 12.8 Å². The average molecular weight is 161 g/mol. The zero-order valence-electron chi connectivity index (χ0n) is 6.07. The summed E-state index contributed by atoms with van der Waals surface area (Å²) in [6.45, 7) is 1.84. The van der Waals surface area contributed by atoms with Gasteiger partial charge >= 0.3 is 0 Å². The molecule has 0 amide bonds. The van der Waals surface area contributed by atoms with Crippen molar-refractivity contribution in [3.63, 3.8) is 0 Å². The van der Waals surface area contributed by atoms with Crippen molar-refractivity contribution in [2.45, 2.75) is 19.3 Å². The second-order valence-electron chi connectivity index (χ2n) is 2.40. The first-order chi connectivity index (χ1) is 4.93. The number of rotatable bonds is 2. The summed E-state index contributed by atoms with van der Waals surface area (Å²) in [6.07, 6.45) is 3.62. The molecule has 0 unspecified atom stereocenters. The number of halogens is 1. The number of aliphatic imine (C=N–C) groups is 1. The molecule has 0 saturated heterocycles. The Morgan fingerprint density at radius 1 is 1.50 bits per heavy atom. The first-order valence-electron chi connectivity index (χ1n) is 3.76. The fourth-order valence-electron chi connectivity index (χ4n) is 1.03. The Bertz CT molecular complexity index is 123. The van der Waals surface area contributed by atoms with Crippen LogP contribution in [0.25, 0.3) is 0 Å². The van der Waals surface area contributed by atoms with E-state index in [0.717, 1.165) is 25.3 Å². The third-order valence-electron chi connectivity index (χ3n) is 1.55. The van der Waals surface area contributed by atoms with Crippen LogP contribution in [-0.2, 0) is 0 Å². The van der Waals surface area contributed by atoms with Crippen molar-refractivity contribution in [1.29, 1.82) is 0 Å². The minimum atomic E-state index is 0.666. The smallest absolute Gasteiger partial charge is 0.0963 e. The average Bonchev–Trinajstić information content (AvgIpc) is 2.03. The summed E-state index contributed by atoms with van der Waals surface area (Å²) in [5.74, 6) is 1.81. The van der Waals surface area contributed by atoms with E-state index in [4.69, 9.17) is 11.6 Å². The highest BCUT2D eigenvalue weighted by atomic mass is 35.5. The van der Waals surface area contributed by atoms with Gasteiger partial charge in [0, 0.05) is 25.4 Å². The van der Waals surface area contributed by atoms with Crippen LogP contribution in [0, 0.1) is 0 Å².